The summed E-state index contributed by atoms with van der Waals surface area (Å²) in [5, 5.41) is 3.64. The molecule has 0 aromatic heterocycles. The molecule has 2 heteroatoms. The van der Waals surface area contributed by atoms with Crippen molar-refractivity contribution < 1.29 is 0 Å². The molecular weight excluding hydrogens is 232 g/mol. The van der Waals surface area contributed by atoms with E-state index >= 15 is 0 Å². The minimum atomic E-state index is 0.396. The second kappa shape index (κ2) is 8.26. The summed E-state index contributed by atoms with van der Waals surface area (Å²) in [4.78, 5) is 2.51. The van der Waals surface area contributed by atoms with Gasteiger partial charge < -0.3 is 10.2 Å². The predicted octanol–water partition coefficient (Wildman–Crippen LogP) is 4.06. The van der Waals surface area contributed by atoms with Crippen molar-refractivity contribution in [3.05, 3.63) is 0 Å². The fourth-order valence-corrected chi connectivity index (χ4v) is 3.83. The number of hydrogen-bond acceptors (Lipinski definition) is 2. The van der Waals surface area contributed by atoms with Crippen molar-refractivity contribution in [2.75, 3.05) is 21.1 Å². The number of unbranched alkanes of at least 4 members (excludes halogenated alkanes) is 3. The maximum absolute atomic E-state index is 3.64. The zero-order valence-corrected chi connectivity index (χ0v) is 14.0. The Hall–Kier alpha value is -0.0800. The van der Waals surface area contributed by atoms with Crippen molar-refractivity contribution in [1.82, 2.24) is 10.2 Å². The summed E-state index contributed by atoms with van der Waals surface area (Å²) in [6.07, 6.45) is 12.3. The van der Waals surface area contributed by atoms with Gasteiger partial charge in [-0.1, -0.05) is 39.5 Å². The van der Waals surface area contributed by atoms with Gasteiger partial charge in [0.2, 0.25) is 0 Å². The summed E-state index contributed by atoms with van der Waals surface area (Å²) in [7, 11) is 6.73. The number of likely N-dealkylation sites (N-methyl/N-ethyl adjacent to an activating group) is 2. The Balaban J connectivity index is 2.61. The van der Waals surface area contributed by atoms with Crippen LogP contribution in [-0.2, 0) is 0 Å². The van der Waals surface area contributed by atoms with E-state index in [1.54, 1.807) is 0 Å². The third-order valence-corrected chi connectivity index (χ3v) is 5.37. The maximum atomic E-state index is 3.64. The standard InChI is InChI=1S/C17H36N2/c1-6-7-8-9-10-16(18-3)17(19(4)5)13-11-15(2)12-14-17/h15-16,18H,6-14H2,1-5H3. The van der Waals surface area contributed by atoms with Crippen LogP contribution in [0, 0.1) is 5.92 Å². The molecule has 0 saturated heterocycles. The lowest BCUT2D eigenvalue weighted by atomic mass is 9.71. The predicted molar refractivity (Wildman–Crippen MR) is 85.7 cm³/mol. The second-order valence-electron chi connectivity index (χ2n) is 6.87. The maximum Gasteiger partial charge on any atom is 0.0356 e. The average molecular weight is 268 g/mol. The fraction of sp³-hybridized carbons (Fsp3) is 1.00. The van der Waals surface area contributed by atoms with Crippen LogP contribution in [0.15, 0.2) is 0 Å². The van der Waals surface area contributed by atoms with Gasteiger partial charge in [0.05, 0.1) is 0 Å². The molecule has 114 valence electrons. The van der Waals surface area contributed by atoms with Crippen LogP contribution < -0.4 is 5.32 Å². The Morgan fingerprint density at radius 1 is 1.16 bits per heavy atom. The van der Waals surface area contributed by atoms with Crippen LogP contribution >= 0.6 is 0 Å². The topological polar surface area (TPSA) is 15.3 Å². The van der Waals surface area contributed by atoms with Gasteiger partial charge in [0, 0.05) is 11.6 Å². The number of rotatable bonds is 8. The van der Waals surface area contributed by atoms with Gasteiger partial charge in [0.1, 0.15) is 0 Å². The van der Waals surface area contributed by atoms with Crippen LogP contribution in [0.4, 0.5) is 0 Å². The highest BCUT2D eigenvalue weighted by atomic mass is 15.2. The third kappa shape index (κ3) is 4.46. The molecule has 0 radical (unpaired) electrons. The molecule has 1 aliphatic rings. The first-order valence-electron chi connectivity index (χ1n) is 8.41. The molecule has 0 amide bonds. The third-order valence-electron chi connectivity index (χ3n) is 5.37. The van der Waals surface area contributed by atoms with E-state index in [0.717, 1.165) is 5.92 Å². The molecule has 2 nitrogen and oxygen atoms in total. The van der Waals surface area contributed by atoms with Crippen LogP contribution in [0.3, 0.4) is 0 Å². The fourth-order valence-electron chi connectivity index (χ4n) is 3.83. The molecule has 1 saturated carbocycles. The zero-order chi connectivity index (χ0) is 14.3. The van der Waals surface area contributed by atoms with Gasteiger partial charge in [-0.3, -0.25) is 0 Å². The highest BCUT2D eigenvalue weighted by Crippen LogP contribution is 2.39. The van der Waals surface area contributed by atoms with Gasteiger partial charge in [-0.25, -0.2) is 0 Å². The molecule has 0 spiro atoms. The van der Waals surface area contributed by atoms with Crippen LogP contribution in [0.5, 0.6) is 0 Å². The molecule has 19 heavy (non-hydrogen) atoms. The first kappa shape index (κ1) is 17.0. The molecule has 0 bridgehead atoms. The minimum absolute atomic E-state index is 0.396. The summed E-state index contributed by atoms with van der Waals surface area (Å²) < 4.78 is 0. The minimum Gasteiger partial charge on any atom is -0.315 e. The normalized spacial score (nSPS) is 29.7. The number of nitrogens with one attached hydrogen (secondary N) is 1. The summed E-state index contributed by atoms with van der Waals surface area (Å²) >= 11 is 0. The lowest BCUT2D eigenvalue weighted by molar-refractivity contribution is 0.0421. The van der Waals surface area contributed by atoms with Gasteiger partial charge in [-0.15, -0.1) is 0 Å². The quantitative estimate of drug-likeness (QED) is 0.668. The van der Waals surface area contributed by atoms with Gasteiger partial charge in [0.25, 0.3) is 0 Å². The molecule has 1 unspecified atom stereocenters. The van der Waals surface area contributed by atoms with E-state index in [0.29, 0.717) is 11.6 Å². The van der Waals surface area contributed by atoms with Gasteiger partial charge in [-0.05, 0) is 59.2 Å². The smallest absolute Gasteiger partial charge is 0.0356 e. The molecule has 1 N–H and O–H groups in total. The van der Waals surface area contributed by atoms with E-state index in [-0.39, 0.29) is 0 Å². The molecule has 0 heterocycles. The average Bonchev–Trinajstić information content (AvgIpc) is 2.40. The first-order chi connectivity index (χ1) is 9.06. The van der Waals surface area contributed by atoms with E-state index < -0.39 is 0 Å². The van der Waals surface area contributed by atoms with Crippen LogP contribution in [-0.4, -0.2) is 37.6 Å². The van der Waals surface area contributed by atoms with E-state index in [1.165, 1.54) is 57.8 Å². The van der Waals surface area contributed by atoms with Crippen molar-refractivity contribution in [3.63, 3.8) is 0 Å². The summed E-state index contributed by atoms with van der Waals surface area (Å²) in [6, 6.07) is 0.659. The Bertz CT molecular complexity index is 229. The zero-order valence-electron chi connectivity index (χ0n) is 14.0. The Labute approximate surface area is 121 Å². The van der Waals surface area contributed by atoms with Gasteiger partial charge in [0.15, 0.2) is 0 Å². The van der Waals surface area contributed by atoms with Crippen LogP contribution in [0.2, 0.25) is 0 Å². The Morgan fingerprint density at radius 2 is 1.79 bits per heavy atom. The van der Waals surface area contributed by atoms with Crippen molar-refractivity contribution in [2.24, 2.45) is 5.92 Å². The number of hydrogen-bond donors (Lipinski definition) is 1. The Morgan fingerprint density at radius 3 is 2.26 bits per heavy atom. The molecule has 1 aliphatic carbocycles. The van der Waals surface area contributed by atoms with Crippen molar-refractivity contribution >= 4 is 0 Å². The summed E-state index contributed by atoms with van der Waals surface area (Å²) in [5.41, 5.74) is 0.396. The highest BCUT2D eigenvalue weighted by molar-refractivity contribution is 5.00. The molecular formula is C17H36N2. The molecule has 1 rings (SSSR count). The first-order valence-corrected chi connectivity index (χ1v) is 8.41. The lowest BCUT2D eigenvalue weighted by Gasteiger charge is -2.50. The molecule has 0 aromatic carbocycles. The molecule has 1 fully saturated rings. The van der Waals surface area contributed by atoms with E-state index in [4.69, 9.17) is 0 Å². The van der Waals surface area contributed by atoms with Crippen molar-refractivity contribution in [3.8, 4) is 0 Å². The lowest BCUT2D eigenvalue weighted by Crippen LogP contribution is -2.59. The molecule has 0 aliphatic heterocycles. The van der Waals surface area contributed by atoms with E-state index in [1.807, 2.05) is 0 Å². The van der Waals surface area contributed by atoms with E-state index in [2.05, 4.69) is 45.2 Å². The van der Waals surface area contributed by atoms with Gasteiger partial charge in [-0.2, -0.15) is 0 Å². The Kier molecular flexibility index (Phi) is 7.38. The largest absolute Gasteiger partial charge is 0.315 e. The van der Waals surface area contributed by atoms with Crippen molar-refractivity contribution in [1.29, 1.82) is 0 Å². The van der Waals surface area contributed by atoms with E-state index in [9.17, 15) is 0 Å². The monoisotopic (exact) mass is 268 g/mol. The number of nitrogens with zero attached hydrogens (tertiary/aromatic N) is 1. The van der Waals surface area contributed by atoms with Crippen molar-refractivity contribution in [2.45, 2.75) is 83.2 Å². The highest BCUT2D eigenvalue weighted by Gasteiger charge is 2.41. The second-order valence-corrected chi connectivity index (χ2v) is 6.87. The van der Waals surface area contributed by atoms with Crippen LogP contribution in [0.25, 0.3) is 0 Å². The summed E-state index contributed by atoms with van der Waals surface area (Å²) in [6.45, 7) is 4.70. The van der Waals surface area contributed by atoms with Crippen LogP contribution in [0.1, 0.15) is 71.6 Å². The SMILES string of the molecule is CCCCCCC(NC)C1(N(C)C)CCC(C)CC1. The summed E-state index contributed by atoms with van der Waals surface area (Å²) in [5.74, 6) is 0.922. The molecule has 0 aromatic rings. The molecule has 1 atom stereocenters. The van der Waals surface area contributed by atoms with Gasteiger partial charge >= 0.3 is 0 Å².